The van der Waals surface area contributed by atoms with E-state index >= 15 is 0 Å². The van der Waals surface area contributed by atoms with Crippen LogP contribution in [0.15, 0.2) is 47.6 Å². The summed E-state index contributed by atoms with van der Waals surface area (Å²) < 4.78 is 45.9. The highest BCUT2D eigenvalue weighted by atomic mass is 32.2. The molecule has 1 aromatic heterocycles. The van der Waals surface area contributed by atoms with E-state index in [0.29, 0.717) is 17.5 Å². The van der Waals surface area contributed by atoms with Crippen molar-refractivity contribution in [3.63, 3.8) is 0 Å². The van der Waals surface area contributed by atoms with E-state index < -0.39 is 11.7 Å². The van der Waals surface area contributed by atoms with Crippen molar-refractivity contribution in [2.24, 2.45) is 0 Å². The highest BCUT2D eigenvalue weighted by Crippen LogP contribution is 2.31. The summed E-state index contributed by atoms with van der Waals surface area (Å²) in [7, 11) is 0. The zero-order valence-corrected chi connectivity index (χ0v) is 18.7. The van der Waals surface area contributed by atoms with E-state index in [2.05, 4.69) is 15.5 Å². The molecule has 0 spiro atoms. The van der Waals surface area contributed by atoms with E-state index in [-0.39, 0.29) is 24.0 Å². The molecule has 6 nitrogen and oxygen atoms in total. The number of nitrogens with zero attached hydrogens (tertiary/aromatic N) is 3. The molecule has 1 amide bonds. The SMILES string of the molecule is CCn1c(COc2cccc(C(F)(F)F)c2)nnc1SCC(=O)Nc1ccc(C)cc1C. The van der Waals surface area contributed by atoms with Gasteiger partial charge in [0.15, 0.2) is 11.0 Å². The number of amides is 1. The third kappa shape index (κ3) is 6.03. The average Bonchev–Trinajstić information content (AvgIpc) is 3.14. The average molecular weight is 465 g/mol. The summed E-state index contributed by atoms with van der Waals surface area (Å²) in [5.74, 6) is 0.518. The molecular weight excluding hydrogens is 441 g/mol. The molecule has 2 aromatic carbocycles. The number of carbonyl (C=O) groups is 1. The number of carbonyl (C=O) groups excluding carboxylic acids is 1. The smallest absolute Gasteiger partial charge is 0.416 e. The first kappa shape index (κ1) is 23.6. The first-order valence-electron chi connectivity index (χ1n) is 9.89. The first-order valence-corrected chi connectivity index (χ1v) is 10.9. The van der Waals surface area contributed by atoms with Crippen molar-refractivity contribution in [3.8, 4) is 5.75 Å². The molecule has 0 aliphatic carbocycles. The number of aromatic nitrogens is 3. The summed E-state index contributed by atoms with van der Waals surface area (Å²) in [4.78, 5) is 12.3. The molecule has 0 aliphatic rings. The Labute approximate surface area is 188 Å². The van der Waals surface area contributed by atoms with E-state index in [9.17, 15) is 18.0 Å². The lowest BCUT2D eigenvalue weighted by atomic mass is 10.1. The summed E-state index contributed by atoms with van der Waals surface area (Å²) >= 11 is 1.23. The molecule has 0 unspecified atom stereocenters. The lowest BCUT2D eigenvalue weighted by Gasteiger charge is -2.11. The molecule has 3 aromatic rings. The number of thioether (sulfide) groups is 1. The van der Waals surface area contributed by atoms with E-state index in [1.807, 2.05) is 39.0 Å². The number of nitrogens with one attached hydrogen (secondary N) is 1. The fraction of sp³-hybridized carbons (Fsp3) is 0.318. The van der Waals surface area contributed by atoms with Crippen molar-refractivity contribution in [1.82, 2.24) is 14.8 Å². The number of hydrogen-bond acceptors (Lipinski definition) is 5. The van der Waals surface area contributed by atoms with Gasteiger partial charge in [0.2, 0.25) is 5.91 Å². The van der Waals surface area contributed by atoms with Crippen molar-refractivity contribution in [1.29, 1.82) is 0 Å². The van der Waals surface area contributed by atoms with Gasteiger partial charge in [-0.3, -0.25) is 4.79 Å². The Kier molecular flexibility index (Phi) is 7.44. The third-order valence-corrected chi connectivity index (χ3v) is 5.59. The fourth-order valence-corrected chi connectivity index (χ4v) is 3.85. The van der Waals surface area contributed by atoms with Crippen molar-refractivity contribution in [2.45, 2.75) is 45.3 Å². The molecule has 0 aliphatic heterocycles. The first-order chi connectivity index (χ1) is 15.2. The third-order valence-electron chi connectivity index (χ3n) is 4.63. The van der Waals surface area contributed by atoms with Crippen LogP contribution in [0.1, 0.15) is 29.4 Å². The Morgan fingerprint density at radius 1 is 1.16 bits per heavy atom. The van der Waals surface area contributed by atoms with Crippen LogP contribution in [0.2, 0.25) is 0 Å². The molecular formula is C22H23F3N4O2S. The molecule has 0 bridgehead atoms. The molecule has 3 rings (SSSR count). The van der Waals surface area contributed by atoms with Gasteiger partial charge in [-0.15, -0.1) is 10.2 Å². The number of anilines is 1. The van der Waals surface area contributed by atoms with Crippen LogP contribution in [0, 0.1) is 13.8 Å². The van der Waals surface area contributed by atoms with Crippen LogP contribution >= 0.6 is 11.8 Å². The van der Waals surface area contributed by atoms with E-state index in [1.165, 1.54) is 23.9 Å². The summed E-state index contributed by atoms with van der Waals surface area (Å²) in [5.41, 5.74) is 2.08. The number of benzene rings is 2. The van der Waals surface area contributed by atoms with Gasteiger partial charge in [0.1, 0.15) is 12.4 Å². The highest BCUT2D eigenvalue weighted by Gasteiger charge is 2.30. The molecule has 0 atom stereocenters. The van der Waals surface area contributed by atoms with Gasteiger partial charge in [0, 0.05) is 12.2 Å². The predicted molar refractivity (Wildman–Crippen MR) is 117 cm³/mol. The van der Waals surface area contributed by atoms with Crippen LogP contribution in [0.25, 0.3) is 0 Å². The second-order valence-electron chi connectivity index (χ2n) is 7.11. The molecule has 170 valence electrons. The Hall–Kier alpha value is -3.01. The molecule has 1 N–H and O–H groups in total. The molecule has 0 radical (unpaired) electrons. The second kappa shape index (κ2) is 10.1. The molecule has 32 heavy (non-hydrogen) atoms. The number of hydrogen-bond donors (Lipinski definition) is 1. The number of halogens is 3. The van der Waals surface area contributed by atoms with Gasteiger partial charge >= 0.3 is 6.18 Å². The largest absolute Gasteiger partial charge is 0.486 e. The van der Waals surface area contributed by atoms with Crippen LogP contribution < -0.4 is 10.1 Å². The minimum Gasteiger partial charge on any atom is -0.486 e. The number of alkyl halides is 3. The number of ether oxygens (including phenoxy) is 1. The predicted octanol–water partition coefficient (Wildman–Crippen LogP) is 5.24. The Morgan fingerprint density at radius 3 is 2.62 bits per heavy atom. The molecule has 10 heteroatoms. The standard InChI is InChI=1S/C22H23F3N4O2S/c1-4-29-19(12-31-17-7-5-6-16(11-17)22(23,24)25)27-28-21(29)32-13-20(30)26-18-9-8-14(2)10-15(18)3/h5-11H,4,12-13H2,1-3H3,(H,26,30). The maximum Gasteiger partial charge on any atom is 0.416 e. The van der Waals surface area contributed by atoms with Gasteiger partial charge in [-0.05, 0) is 50.6 Å². The molecule has 0 saturated carbocycles. The maximum atomic E-state index is 12.9. The van der Waals surface area contributed by atoms with Crippen LogP contribution in [-0.4, -0.2) is 26.4 Å². The Morgan fingerprint density at radius 2 is 1.94 bits per heavy atom. The number of aryl methyl sites for hydroxylation is 2. The van der Waals surface area contributed by atoms with Crippen molar-refractivity contribution in [3.05, 3.63) is 65.0 Å². The van der Waals surface area contributed by atoms with E-state index in [1.54, 1.807) is 4.57 Å². The zero-order chi connectivity index (χ0) is 23.3. The monoisotopic (exact) mass is 464 g/mol. The molecule has 0 saturated heterocycles. The van der Waals surface area contributed by atoms with Crippen LogP contribution in [0.5, 0.6) is 5.75 Å². The minimum absolute atomic E-state index is 0.0442. The van der Waals surface area contributed by atoms with Crippen molar-refractivity contribution in [2.75, 3.05) is 11.1 Å². The zero-order valence-electron chi connectivity index (χ0n) is 17.9. The van der Waals surface area contributed by atoms with Crippen molar-refractivity contribution < 1.29 is 22.7 Å². The normalized spacial score (nSPS) is 11.4. The Bertz CT molecular complexity index is 1100. The summed E-state index contributed by atoms with van der Waals surface area (Å²) in [6, 6.07) is 10.5. The van der Waals surface area contributed by atoms with Gasteiger partial charge < -0.3 is 14.6 Å². The van der Waals surface area contributed by atoms with Gasteiger partial charge in [-0.1, -0.05) is 35.5 Å². The lowest BCUT2D eigenvalue weighted by molar-refractivity contribution is -0.137. The van der Waals surface area contributed by atoms with E-state index in [0.717, 1.165) is 28.9 Å². The van der Waals surface area contributed by atoms with Crippen LogP contribution in [-0.2, 0) is 24.1 Å². The Balaban J connectivity index is 1.60. The van der Waals surface area contributed by atoms with Gasteiger partial charge in [-0.2, -0.15) is 13.2 Å². The summed E-state index contributed by atoms with van der Waals surface area (Å²) in [5, 5.41) is 11.6. The minimum atomic E-state index is -4.44. The number of rotatable bonds is 8. The van der Waals surface area contributed by atoms with Gasteiger partial charge in [-0.25, -0.2) is 0 Å². The van der Waals surface area contributed by atoms with Crippen LogP contribution in [0.3, 0.4) is 0 Å². The topological polar surface area (TPSA) is 69.0 Å². The quantitative estimate of drug-likeness (QED) is 0.462. The van der Waals surface area contributed by atoms with Crippen molar-refractivity contribution >= 4 is 23.4 Å². The summed E-state index contributed by atoms with van der Waals surface area (Å²) in [6.07, 6.45) is -4.44. The maximum absolute atomic E-state index is 12.9. The van der Waals surface area contributed by atoms with Crippen LogP contribution in [0.4, 0.5) is 18.9 Å². The molecule has 1 heterocycles. The summed E-state index contributed by atoms with van der Waals surface area (Å²) in [6.45, 7) is 6.28. The molecule has 0 fully saturated rings. The van der Waals surface area contributed by atoms with Gasteiger partial charge in [0.05, 0.1) is 11.3 Å². The fourth-order valence-electron chi connectivity index (χ4n) is 3.03. The van der Waals surface area contributed by atoms with E-state index in [4.69, 9.17) is 4.74 Å². The highest BCUT2D eigenvalue weighted by molar-refractivity contribution is 7.99. The second-order valence-corrected chi connectivity index (χ2v) is 8.06. The van der Waals surface area contributed by atoms with Gasteiger partial charge in [0.25, 0.3) is 0 Å². The lowest BCUT2D eigenvalue weighted by Crippen LogP contribution is -2.15.